The first-order valence-corrected chi connectivity index (χ1v) is 10.2. The smallest absolute Gasteiger partial charge is 0.319 e. The maximum absolute atomic E-state index is 13.3. The van der Waals surface area contributed by atoms with Crippen LogP contribution in [0.25, 0.3) is 11.1 Å². The van der Waals surface area contributed by atoms with Crippen LogP contribution in [0.1, 0.15) is 23.5 Å². The molecule has 3 rings (SSSR count). The van der Waals surface area contributed by atoms with Gasteiger partial charge < -0.3 is 16.0 Å². The summed E-state index contributed by atoms with van der Waals surface area (Å²) in [5.74, 6) is -1.93. The number of hydrogen-bond donors (Lipinski definition) is 3. The van der Waals surface area contributed by atoms with Gasteiger partial charge >= 0.3 is 6.03 Å². The summed E-state index contributed by atoms with van der Waals surface area (Å²) in [6.07, 6.45) is 0.797. The van der Waals surface area contributed by atoms with Gasteiger partial charge in [0.1, 0.15) is 0 Å². The Balaban J connectivity index is 1.66. The predicted molar refractivity (Wildman–Crippen MR) is 121 cm³/mol. The van der Waals surface area contributed by atoms with E-state index in [-0.39, 0.29) is 11.6 Å². The summed E-state index contributed by atoms with van der Waals surface area (Å²) in [6.45, 7) is 1.14. The van der Waals surface area contributed by atoms with Crippen molar-refractivity contribution in [3.8, 4) is 17.2 Å². The molecular weight excluding hydrogens is 410 g/mol. The Morgan fingerprint density at radius 2 is 1.78 bits per heavy atom. The number of carbonyl (C=O) groups is 1. The third kappa shape index (κ3) is 6.13. The van der Waals surface area contributed by atoms with E-state index in [4.69, 9.17) is 5.26 Å². The highest BCUT2D eigenvalue weighted by Crippen LogP contribution is 2.25. The van der Waals surface area contributed by atoms with Crippen molar-refractivity contribution in [3.05, 3.63) is 89.5 Å². The lowest BCUT2D eigenvalue weighted by Crippen LogP contribution is -2.33. The first kappa shape index (κ1) is 22.9. The van der Waals surface area contributed by atoms with Gasteiger partial charge in [-0.1, -0.05) is 36.4 Å². The molecule has 0 aromatic heterocycles. The average Bonchev–Trinajstić information content (AvgIpc) is 2.82. The number of amides is 2. The van der Waals surface area contributed by atoms with Crippen molar-refractivity contribution in [2.75, 3.05) is 25.5 Å². The Morgan fingerprint density at radius 1 is 1.00 bits per heavy atom. The zero-order valence-corrected chi connectivity index (χ0v) is 17.7. The Labute approximate surface area is 186 Å². The lowest BCUT2D eigenvalue weighted by molar-refractivity contribution is 0.251. The van der Waals surface area contributed by atoms with Crippen molar-refractivity contribution in [3.63, 3.8) is 0 Å². The second-order valence-corrected chi connectivity index (χ2v) is 7.37. The van der Waals surface area contributed by atoms with Crippen molar-refractivity contribution < 1.29 is 13.6 Å². The van der Waals surface area contributed by atoms with Crippen LogP contribution >= 0.6 is 0 Å². The highest BCUT2D eigenvalue weighted by molar-refractivity contribution is 5.89. The highest BCUT2D eigenvalue weighted by atomic mass is 19.2. The summed E-state index contributed by atoms with van der Waals surface area (Å²) in [5, 5.41) is 17.5. The molecule has 0 bridgehead atoms. The number of hydrogen-bond acceptors (Lipinski definition) is 3. The van der Waals surface area contributed by atoms with E-state index in [9.17, 15) is 13.6 Å². The molecule has 0 aliphatic carbocycles. The van der Waals surface area contributed by atoms with Gasteiger partial charge in [-0.05, 0) is 61.0 Å². The molecule has 0 saturated carbocycles. The zero-order chi connectivity index (χ0) is 22.9. The third-order valence-corrected chi connectivity index (χ3v) is 5.14. The Hall–Kier alpha value is -3.76. The summed E-state index contributed by atoms with van der Waals surface area (Å²) < 4.78 is 26.4. The van der Waals surface area contributed by atoms with Crippen LogP contribution in [0.5, 0.6) is 0 Å². The Bertz CT molecular complexity index is 1110. The molecule has 0 aliphatic heterocycles. The van der Waals surface area contributed by atoms with Crippen LogP contribution in [0.4, 0.5) is 19.3 Å². The van der Waals surface area contributed by atoms with Crippen molar-refractivity contribution in [1.82, 2.24) is 10.6 Å². The van der Waals surface area contributed by atoms with E-state index in [0.717, 1.165) is 41.8 Å². The molecule has 164 valence electrons. The molecule has 32 heavy (non-hydrogen) atoms. The van der Waals surface area contributed by atoms with Crippen molar-refractivity contribution >= 4 is 11.7 Å². The maximum atomic E-state index is 13.3. The van der Waals surface area contributed by atoms with Crippen molar-refractivity contribution in [2.45, 2.75) is 12.3 Å². The molecular formula is C25H24F2N4O. The van der Waals surface area contributed by atoms with Crippen LogP contribution in [0.2, 0.25) is 0 Å². The number of carbonyl (C=O) groups excluding carboxylic acids is 1. The van der Waals surface area contributed by atoms with Crippen LogP contribution in [-0.2, 0) is 0 Å². The fourth-order valence-electron chi connectivity index (χ4n) is 3.39. The van der Waals surface area contributed by atoms with Gasteiger partial charge in [-0.3, -0.25) is 0 Å². The number of halogens is 2. The number of anilines is 1. The molecule has 0 heterocycles. The van der Waals surface area contributed by atoms with Gasteiger partial charge in [-0.15, -0.1) is 0 Å². The molecule has 0 fully saturated rings. The molecule has 3 aromatic carbocycles. The average molecular weight is 434 g/mol. The largest absolute Gasteiger partial charge is 0.337 e. The van der Waals surface area contributed by atoms with E-state index in [0.29, 0.717) is 12.1 Å². The van der Waals surface area contributed by atoms with Crippen molar-refractivity contribution in [1.29, 1.82) is 5.26 Å². The number of nitriles is 1. The first-order chi connectivity index (χ1) is 15.5. The van der Waals surface area contributed by atoms with E-state index in [1.807, 2.05) is 49.5 Å². The van der Waals surface area contributed by atoms with Crippen molar-refractivity contribution in [2.24, 2.45) is 0 Å². The number of urea groups is 1. The zero-order valence-electron chi connectivity index (χ0n) is 17.7. The minimum absolute atomic E-state index is 0.0534. The topological polar surface area (TPSA) is 76.9 Å². The molecule has 0 saturated heterocycles. The van der Waals surface area contributed by atoms with Crippen LogP contribution in [0.3, 0.4) is 0 Å². The van der Waals surface area contributed by atoms with Gasteiger partial charge in [0.05, 0.1) is 11.6 Å². The summed E-state index contributed by atoms with van der Waals surface area (Å²) >= 11 is 0. The lowest BCUT2D eigenvalue weighted by atomic mass is 9.93. The molecule has 0 aliphatic rings. The summed E-state index contributed by atoms with van der Waals surface area (Å²) in [7, 11) is 1.87. The molecule has 1 unspecified atom stereocenters. The number of rotatable bonds is 8. The third-order valence-electron chi connectivity index (χ3n) is 5.14. The van der Waals surface area contributed by atoms with Gasteiger partial charge in [0, 0.05) is 24.2 Å². The van der Waals surface area contributed by atoms with Crippen LogP contribution in [-0.4, -0.2) is 26.2 Å². The quantitative estimate of drug-likeness (QED) is 0.466. The molecule has 2 amide bonds. The fraction of sp³-hybridized carbons (Fsp3) is 0.200. The monoisotopic (exact) mass is 434 g/mol. The van der Waals surface area contributed by atoms with Crippen LogP contribution < -0.4 is 16.0 Å². The lowest BCUT2D eigenvalue weighted by Gasteiger charge is -2.19. The van der Waals surface area contributed by atoms with Gasteiger partial charge in [-0.2, -0.15) is 5.26 Å². The summed E-state index contributed by atoms with van der Waals surface area (Å²) in [6, 6.07) is 20.3. The SMILES string of the molecule is CNCCC(CNC(=O)Nc1ccc(F)c(F)c1)c1ccc(-c2cccc(C#N)c2)cc1. The van der Waals surface area contributed by atoms with Gasteiger partial charge in [0.15, 0.2) is 11.6 Å². The van der Waals surface area contributed by atoms with Gasteiger partial charge in [-0.25, -0.2) is 13.6 Å². The van der Waals surface area contributed by atoms with Gasteiger partial charge in [0.2, 0.25) is 0 Å². The highest BCUT2D eigenvalue weighted by Gasteiger charge is 2.14. The molecule has 3 aromatic rings. The second kappa shape index (κ2) is 11.0. The van der Waals surface area contributed by atoms with Crippen LogP contribution in [0, 0.1) is 23.0 Å². The van der Waals surface area contributed by atoms with E-state index in [2.05, 4.69) is 22.0 Å². The maximum Gasteiger partial charge on any atom is 0.319 e. The number of nitrogens with one attached hydrogen (secondary N) is 3. The minimum Gasteiger partial charge on any atom is -0.337 e. The molecule has 7 heteroatoms. The second-order valence-electron chi connectivity index (χ2n) is 7.37. The number of benzene rings is 3. The molecule has 0 spiro atoms. The van der Waals surface area contributed by atoms with E-state index in [1.165, 1.54) is 6.07 Å². The predicted octanol–water partition coefficient (Wildman–Crippen LogP) is 5.02. The van der Waals surface area contributed by atoms with Crippen LogP contribution in [0.15, 0.2) is 66.7 Å². The molecule has 5 nitrogen and oxygen atoms in total. The normalized spacial score (nSPS) is 11.4. The Morgan fingerprint density at radius 3 is 2.47 bits per heavy atom. The first-order valence-electron chi connectivity index (χ1n) is 10.2. The minimum atomic E-state index is -1.02. The summed E-state index contributed by atoms with van der Waals surface area (Å²) in [4.78, 5) is 12.2. The molecule has 1 atom stereocenters. The molecule has 0 radical (unpaired) electrons. The van der Waals surface area contributed by atoms with E-state index >= 15 is 0 Å². The standard InChI is InChI=1S/C25H24F2N4O/c1-29-12-11-21(16-30-25(32)31-22-9-10-23(26)24(27)14-22)19-7-5-18(6-8-19)20-4-2-3-17(13-20)15-28/h2-10,13-14,21,29H,11-12,16H2,1H3,(H2,30,31,32). The fourth-order valence-corrected chi connectivity index (χ4v) is 3.39. The van der Waals surface area contributed by atoms with E-state index < -0.39 is 17.7 Å². The number of nitrogens with zero attached hydrogens (tertiary/aromatic N) is 1. The summed E-state index contributed by atoms with van der Waals surface area (Å²) in [5.41, 5.74) is 3.81. The van der Waals surface area contributed by atoms with E-state index in [1.54, 1.807) is 6.07 Å². The molecule has 3 N–H and O–H groups in total. The van der Waals surface area contributed by atoms with Gasteiger partial charge in [0.25, 0.3) is 0 Å². The Kier molecular flexibility index (Phi) is 7.90.